The Labute approximate surface area is 92.0 Å². The van der Waals surface area contributed by atoms with Gasteiger partial charge in [-0.25, -0.2) is 0 Å². The summed E-state index contributed by atoms with van der Waals surface area (Å²) in [7, 11) is 0. The minimum atomic E-state index is -0.189. The van der Waals surface area contributed by atoms with Gasteiger partial charge in [0.2, 0.25) is 5.91 Å². The molecule has 4 heteroatoms. The lowest BCUT2D eigenvalue weighted by Crippen LogP contribution is -2.49. The van der Waals surface area contributed by atoms with Crippen LogP contribution in [0.15, 0.2) is 0 Å². The number of piperidine rings is 1. The molecule has 0 bridgehead atoms. The van der Waals surface area contributed by atoms with Crippen molar-refractivity contribution in [3.63, 3.8) is 0 Å². The van der Waals surface area contributed by atoms with Gasteiger partial charge in [-0.2, -0.15) is 0 Å². The Hall–Kier alpha value is -0.610. The zero-order chi connectivity index (χ0) is 11.3. The van der Waals surface area contributed by atoms with Gasteiger partial charge >= 0.3 is 0 Å². The van der Waals surface area contributed by atoms with Crippen molar-refractivity contribution in [2.45, 2.75) is 38.6 Å². The predicted octanol–water partition coefficient (Wildman–Crippen LogP) is 0.311. The molecule has 0 spiro atoms. The molecule has 0 aromatic rings. The molecule has 1 rings (SSSR count). The van der Waals surface area contributed by atoms with Crippen molar-refractivity contribution >= 4 is 5.91 Å². The highest BCUT2D eigenvalue weighted by Gasteiger charge is 2.27. The summed E-state index contributed by atoms with van der Waals surface area (Å²) in [5.41, 5.74) is 11.0. The third-order valence-corrected chi connectivity index (χ3v) is 3.28. The molecule has 2 unspecified atom stereocenters. The molecule has 0 radical (unpaired) electrons. The average molecular weight is 213 g/mol. The Balaban J connectivity index is 2.50. The number of hydrogen-bond acceptors (Lipinski definition) is 3. The highest BCUT2D eigenvalue weighted by molar-refractivity contribution is 5.79. The molecule has 15 heavy (non-hydrogen) atoms. The lowest BCUT2D eigenvalue weighted by Gasteiger charge is -2.36. The number of carbonyl (C=O) groups excluding carboxylic acids is 1. The Morgan fingerprint density at radius 3 is 2.87 bits per heavy atom. The van der Waals surface area contributed by atoms with Gasteiger partial charge in [-0.15, -0.1) is 0 Å². The highest BCUT2D eigenvalue weighted by atomic mass is 16.1. The number of amides is 1. The molecule has 1 aliphatic heterocycles. The second-order valence-electron chi connectivity index (χ2n) is 4.41. The molecule has 0 aromatic carbocycles. The van der Waals surface area contributed by atoms with Gasteiger partial charge in [0.05, 0.1) is 6.04 Å². The van der Waals surface area contributed by atoms with Crippen LogP contribution in [0.5, 0.6) is 0 Å². The summed E-state index contributed by atoms with van der Waals surface area (Å²) in [5.74, 6) is 0.461. The fourth-order valence-corrected chi connectivity index (χ4v) is 2.49. The summed E-state index contributed by atoms with van der Waals surface area (Å²) in [6, 6.07) is -0.0782. The molecule has 1 heterocycles. The van der Waals surface area contributed by atoms with Crippen LogP contribution in [-0.4, -0.2) is 36.5 Å². The zero-order valence-corrected chi connectivity index (χ0v) is 9.61. The van der Waals surface area contributed by atoms with Crippen LogP contribution in [0.25, 0.3) is 0 Å². The topological polar surface area (TPSA) is 72.4 Å². The molecular weight excluding hydrogens is 190 g/mol. The van der Waals surface area contributed by atoms with Gasteiger partial charge in [-0.3, -0.25) is 9.69 Å². The van der Waals surface area contributed by atoms with Gasteiger partial charge < -0.3 is 11.5 Å². The van der Waals surface area contributed by atoms with Crippen LogP contribution >= 0.6 is 0 Å². The van der Waals surface area contributed by atoms with Crippen LogP contribution in [0.2, 0.25) is 0 Å². The monoisotopic (exact) mass is 213 g/mol. The molecule has 4 N–H and O–H groups in total. The van der Waals surface area contributed by atoms with Crippen LogP contribution < -0.4 is 11.5 Å². The molecule has 1 saturated heterocycles. The van der Waals surface area contributed by atoms with E-state index in [1.54, 1.807) is 0 Å². The van der Waals surface area contributed by atoms with Crippen LogP contribution in [0.1, 0.15) is 32.6 Å². The van der Waals surface area contributed by atoms with E-state index in [9.17, 15) is 4.79 Å². The Morgan fingerprint density at radius 2 is 2.33 bits per heavy atom. The average Bonchev–Trinajstić information content (AvgIpc) is 2.19. The molecule has 1 aliphatic rings. The SMILES string of the molecule is CCC(C(N)=O)N1CCCC(CCN)C1. The van der Waals surface area contributed by atoms with Crippen LogP contribution in [-0.2, 0) is 4.79 Å². The highest BCUT2D eigenvalue weighted by Crippen LogP contribution is 2.21. The van der Waals surface area contributed by atoms with Crippen LogP contribution in [0, 0.1) is 5.92 Å². The Bertz CT molecular complexity index is 206. The molecule has 2 atom stereocenters. The standard InChI is InChI=1S/C11H23N3O/c1-2-10(11(13)15)14-7-3-4-9(8-14)5-6-12/h9-10H,2-8,12H2,1H3,(H2,13,15). The first-order valence-electron chi connectivity index (χ1n) is 5.92. The molecule has 0 aliphatic carbocycles. The quantitative estimate of drug-likeness (QED) is 0.690. The Kier molecular flexibility index (Phi) is 5.05. The second kappa shape index (κ2) is 6.08. The fraction of sp³-hybridized carbons (Fsp3) is 0.909. The van der Waals surface area contributed by atoms with Crippen molar-refractivity contribution in [2.75, 3.05) is 19.6 Å². The summed E-state index contributed by atoms with van der Waals surface area (Å²) in [4.78, 5) is 13.5. The molecule has 1 fully saturated rings. The number of carbonyl (C=O) groups is 1. The van der Waals surface area contributed by atoms with Gasteiger partial charge in [0.25, 0.3) is 0 Å². The normalized spacial score (nSPS) is 25.1. The van der Waals surface area contributed by atoms with Crippen molar-refractivity contribution in [3.05, 3.63) is 0 Å². The molecule has 88 valence electrons. The van der Waals surface area contributed by atoms with E-state index < -0.39 is 0 Å². The molecule has 1 amide bonds. The molecule has 4 nitrogen and oxygen atoms in total. The summed E-state index contributed by atoms with van der Waals surface area (Å²) >= 11 is 0. The number of nitrogens with zero attached hydrogens (tertiary/aromatic N) is 1. The summed E-state index contributed by atoms with van der Waals surface area (Å²) in [6.07, 6.45) is 4.27. The van der Waals surface area contributed by atoms with E-state index in [4.69, 9.17) is 11.5 Å². The number of likely N-dealkylation sites (tertiary alicyclic amines) is 1. The van der Waals surface area contributed by atoms with Gasteiger partial charge in [0, 0.05) is 6.54 Å². The first-order chi connectivity index (χ1) is 7.19. The van der Waals surface area contributed by atoms with E-state index in [1.807, 2.05) is 6.92 Å². The van der Waals surface area contributed by atoms with E-state index in [0.717, 1.165) is 38.9 Å². The summed E-state index contributed by atoms with van der Waals surface area (Å²) in [5, 5.41) is 0. The largest absolute Gasteiger partial charge is 0.368 e. The van der Waals surface area contributed by atoms with Crippen LogP contribution in [0.4, 0.5) is 0 Å². The van der Waals surface area contributed by atoms with E-state index in [-0.39, 0.29) is 11.9 Å². The smallest absolute Gasteiger partial charge is 0.234 e. The fourth-order valence-electron chi connectivity index (χ4n) is 2.49. The van der Waals surface area contributed by atoms with E-state index in [1.165, 1.54) is 6.42 Å². The zero-order valence-electron chi connectivity index (χ0n) is 9.61. The van der Waals surface area contributed by atoms with Crippen molar-refractivity contribution in [2.24, 2.45) is 17.4 Å². The van der Waals surface area contributed by atoms with Gasteiger partial charge in [-0.05, 0) is 44.7 Å². The number of primary amides is 1. The van der Waals surface area contributed by atoms with Crippen molar-refractivity contribution < 1.29 is 4.79 Å². The first-order valence-corrected chi connectivity index (χ1v) is 5.92. The maximum Gasteiger partial charge on any atom is 0.234 e. The summed E-state index contributed by atoms with van der Waals surface area (Å²) in [6.45, 7) is 4.75. The van der Waals surface area contributed by atoms with Crippen molar-refractivity contribution in [3.8, 4) is 0 Å². The maximum atomic E-state index is 11.3. The minimum absolute atomic E-state index is 0.0782. The number of rotatable bonds is 5. The van der Waals surface area contributed by atoms with Crippen molar-refractivity contribution in [1.29, 1.82) is 0 Å². The van der Waals surface area contributed by atoms with Gasteiger partial charge in [0.15, 0.2) is 0 Å². The molecule has 0 saturated carbocycles. The summed E-state index contributed by atoms with van der Waals surface area (Å²) < 4.78 is 0. The van der Waals surface area contributed by atoms with E-state index >= 15 is 0 Å². The van der Waals surface area contributed by atoms with Crippen LogP contribution in [0.3, 0.4) is 0 Å². The number of hydrogen-bond donors (Lipinski definition) is 2. The number of nitrogens with two attached hydrogens (primary N) is 2. The third kappa shape index (κ3) is 3.47. The molecule has 0 aromatic heterocycles. The van der Waals surface area contributed by atoms with E-state index in [0.29, 0.717) is 5.92 Å². The Morgan fingerprint density at radius 1 is 1.60 bits per heavy atom. The minimum Gasteiger partial charge on any atom is -0.368 e. The van der Waals surface area contributed by atoms with Gasteiger partial charge in [-0.1, -0.05) is 6.92 Å². The van der Waals surface area contributed by atoms with Gasteiger partial charge in [0.1, 0.15) is 0 Å². The lowest BCUT2D eigenvalue weighted by molar-refractivity contribution is -0.124. The molecular formula is C11H23N3O. The predicted molar refractivity (Wildman–Crippen MR) is 61.2 cm³/mol. The second-order valence-corrected chi connectivity index (χ2v) is 4.41. The van der Waals surface area contributed by atoms with E-state index in [2.05, 4.69) is 4.90 Å². The van der Waals surface area contributed by atoms with Crippen molar-refractivity contribution in [1.82, 2.24) is 4.90 Å². The lowest BCUT2D eigenvalue weighted by atomic mass is 9.93. The maximum absolute atomic E-state index is 11.3. The third-order valence-electron chi connectivity index (χ3n) is 3.28. The first kappa shape index (κ1) is 12.5.